The average molecular weight is 583 g/mol. The van der Waals surface area contributed by atoms with Gasteiger partial charge in [-0.1, -0.05) is 69.8 Å². The lowest BCUT2D eigenvalue weighted by Gasteiger charge is -2.41. The van der Waals surface area contributed by atoms with Gasteiger partial charge >= 0.3 is 0 Å². The summed E-state index contributed by atoms with van der Waals surface area (Å²) in [6.07, 6.45) is 3.94. The largest absolute Gasteiger partial charge is 0.497 e. The van der Waals surface area contributed by atoms with Crippen molar-refractivity contribution in [1.82, 2.24) is 0 Å². The quantitative estimate of drug-likeness (QED) is 0.188. The number of ether oxygens (including phenoxy) is 5. The summed E-state index contributed by atoms with van der Waals surface area (Å²) in [5, 5.41) is 0.203. The lowest BCUT2D eigenvalue weighted by Crippen LogP contribution is -2.48. The zero-order valence-electron chi connectivity index (χ0n) is 25.9. The van der Waals surface area contributed by atoms with Crippen molar-refractivity contribution in [1.29, 1.82) is 0 Å². The van der Waals surface area contributed by atoms with Gasteiger partial charge in [0.05, 0.1) is 38.6 Å². The van der Waals surface area contributed by atoms with E-state index in [0.29, 0.717) is 19.0 Å². The van der Waals surface area contributed by atoms with Crippen molar-refractivity contribution in [2.45, 2.75) is 115 Å². The fraction of sp³-hybridized carbons (Fsp3) is 0.588. The molecule has 2 aliphatic rings. The smallest absolute Gasteiger partial charge is 0.191 e. The molecular weight excluding hydrogens is 532 g/mol. The fourth-order valence-electron chi connectivity index (χ4n) is 5.19. The summed E-state index contributed by atoms with van der Waals surface area (Å²) in [7, 11) is -0.106. The third kappa shape index (κ3) is 8.91. The van der Waals surface area contributed by atoms with Crippen molar-refractivity contribution < 1.29 is 28.1 Å². The van der Waals surface area contributed by atoms with E-state index in [2.05, 4.69) is 52.6 Å². The maximum absolute atomic E-state index is 6.75. The van der Waals surface area contributed by atoms with Crippen molar-refractivity contribution in [2.24, 2.45) is 0 Å². The van der Waals surface area contributed by atoms with Crippen molar-refractivity contribution in [3.05, 3.63) is 78.1 Å². The van der Waals surface area contributed by atoms with Crippen LogP contribution in [0.4, 0.5) is 0 Å². The summed E-state index contributed by atoms with van der Waals surface area (Å²) >= 11 is 0. The number of rotatable bonds is 12. The van der Waals surface area contributed by atoms with Crippen molar-refractivity contribution in [2.75, 3.05) is 13.7 Å². The van der Waals surface area contributed by atoms with Gasteiger partial charge in [0.15, 0.2) is 8.32 Å². The van der Waals surface area contributed by atoms with Crippen LogP contribution in [-0.4, -0.2) is 52.6 Å². The number of hydrogen-bond donors (Lipinski definition) is 0. The van der Waals surface area contributed by atoms with E-state index in [4.69, 9.17) is 28.1 Å². The minimum atomic E-state index is -1.78. The average Bonchev–Trinajstić information content (AvgIpc) is 3.10. The Morgan fingerprint density at radius 3 is 2.27 bits per heavy atom. The van der Waals surface area contributed by atoms with E-state index in [1.165, 1.54) is 0 Å². The molecule has 6 nitrogen and oxygen atoms in total. The molecule has 2 aromatic rings. The molecule has 0 saturated carbocycles. The van der Waals surface area contributed by atoms with E-state index in [-0.39, 0.29) is 35.6 Å². The second kappa shape index (κ2) is 14.3. The third-order valence-electron chi connectivity index (χ3n) is 8.84. The number of fused-ring (bicyclic) bond motifs is 1. The highest BCUT2D eigenvalue weighted by Gasteiger charge is 2.43. The van der Waals surface area contributed by atoms with E-state index < -0.39 is 8.32 Å². The Labute approximate surface area is 248 Å². The van der Waals surface area contributed by atoms with Crippen LogP contribution in [0.3, 0.4) is 0 Å². The molecule has 0 radical (unpaired) electrons. The summed E-state index contributed by atoms with van der Waals surface area (Å²) in [6, 6.07) is 18.3. The van der Waals surface area contributed by atoms with Crippen LogP contribution in [0.1, 0.15) is 64.0 Å². The van der Waals surface area contributed by atoms with Crippen LogP contribution in [-0.2, 0) is 36.6 Å². The highest BCUT2D eigenvalue weighted by atomic mass is 28.4. The van der Waals surface area contributed by atoms with Crippen LogP contribution in [0.25, 0.3) is 0 Å². The molecule has 0 amide bonds. The summed E-state index contributed by atoms with van der Waals surface area (Å²) in [4.78, 5) is 0. The van der Waals surface area contributed by atoms with Gasteiger partial charge in [0, 0.05) is 13.0 Å². The molecule has 41 heavy (non-hydrogen) atoms. The van der Waals surface area contributed by atoms with Gasteiger partial charge in [-0.05, 0) is 67.1 Å². The van der Waals surface area contributed by atoms with Crippen LogP contribution < -0.4 is 4.74 Å². The van der Waals surface area contributed by atoms with Crippen molar-refractivity contribution in [3.8, 4) is 5.75 Å². The first kappa shape index (κ1) is 31.8. The molecule has 4 rings (SSSR count). The first-order valence-electron chi connectivity index (χ1n) is 15.1. The molecule has 0 bridgehead atoms. The molecule has 2 fully saturated rings. The maximum atomic E-state index is 6.75. The van der Waals surface area contributed by atoms with Crippen LogP contribution in [0.5, 0.6) is 5.75 Å². The highest BCUT2D eigenvalue weighted by molar-refractivity contribution is 6.74. The molecule has 2 saturated heterocycles. The molecule has 2 aromatic carbocycles. The lowest BCUT2D eigenvalue weighted by molar-refractivity contribution is -0.191. The van der Waals surface area contributed by atoms with E-state index >= 15 is 0 Å². The Balaban J connectivity index is 1.36. The lowest BCUT2D eigenvalue weighted by atomic mass is 9.93. The third-order valence-corrected chi connectivity index (χ3v) is 13.4. The standard InChI is InChI=1S/C34H50O6Si/c1-25-29(36-24-27-15-17-28(35-5)18-16-27)19-20-31-33(39-25)22-32(37-23-26-12-9-8-10-13-26)30(40-31)14-11-21-38-41(6,7)34(2,3)4/h8-10,12-13,15-18,29-33H,1,11,14,19-24H2,2-7H3/t29-,30-,31+,32+,33-/m0/s1. The molecule has 0 N–H and O–H groups in total. The van der Waals surface area contributed by atoms with E-state index in [9.17, 15) is 0 Å². The van der Waals surface area contributed by atoms with E-state index in [1.807, 2.05) is 42.5 Å². The molecule has 226 valence electrons. The molecular formula is C34H50O6Si. The van der Waals surface area contributed by atoms with Gasteiger partial charge in [0.2, 0.25) is 0 Å². The van der Waals surface area contributed by atoms with Gasteiger partial charge in [-0.2, -0.15) is 0 Å². The topological polar surface area (TPSA) is 55.4 Å². The second-order valence-electron chi connectivity index (χ2n) is 12.9. The van der Waals surface area contributed by atoms with Gasteiger partial charge in [-0.15, -0.1) is 0 Å². The predicted octanol–water partition coefficient (Wildman–Crippen LogP) is 7.82. The van der Waals surface area contributed by atoms with Crippen LogP contribution >= 0.6 is 0 Å². The Morgan fingerprint density at radius 2 is 1.59 bits per heavy atom. The first-order chi connectivity index (χ1) is 19.6. The summed E-state index contributed by atoms with van der Waals surface area (Å²) in [5.74, 6) is 1.51. The summed E-state index contributed by atoms with van der Waals surface area (Å²) in [5.41, 5.74) is 2.25. The second-order valence-corrected chi connectivity index (χ2v) is 17.7. The highest BCUT2D eigenvalue weighted by Crippen LogP contribution is 2.38. The zero-order chi connectivity index (χ0) is 29.5. The zero-order valence-corrected chi connectivity index (χ0v) is 26.9. The molecule has 2 aliphatic heterocycles. The normalized spacial score (nSPS) is 25.2. The number of benzene rings is 2. The van der Waals surface area contributed by atoms with E-state index in [0.717, 1.165) is 55.6 Å². The van der Waals surface area contributed by atoms with Gasteiger partial charge in [-0.25, -0.2) is 0 Å². The molecule has 5 atom stereocenters. The Bertz CT molecular complexity index is 1080. The molecule has 2 heterocycles. The van der Waals surface area contributed by atoms with Crippen molar-refractivity contribution in [3.63, 3.8) is 0 Å². The molecule has 0 aromatic heterocycles. The minimum Gasteiger partial charge on any atom is -0.497 e. The van der Waals surface area contributed by atoms with Crippen LogP contribution in [0, 0.1) is 0 Å². The van der Waals surface area contributed by atoms with Gasteiger partial charge in [0.1, 0.15) is 23.7 Å². The molecule has 7 heteroatoms. The molecule has 0 unspecified atom stereocenters. The molecule has 0 spiro atoms. The number of methoxy groups -OCH3 is 1. The van der Waals surface area contributed by atoms with Gasteiger partial charge in [0.25, 0.3) is 0 Å². The fourth-order valence-corrected chi connectivity index (χ4v) is 6.27. The van der Waals surface area contributed by atoms with Crippen molar-refractivity contribution >= 4 is 8.32 Å². The molecule has 0 aliphatic carbocycles. The maximum Gasteiger partial charge on any atom is 0.191 e. The van der Waals surface area contributed by atoms with Crippen LogP contribution in [0.15, 0.2) is 66.9 Å². The SMILES string of the molecule is C=C1O[C@H]2C[C@@H](OCc3ccccc3)[C@H](CCCO[Si](C)(C)C(C)(C)C)O[C@@H]2CC[C@@H]1OCc1ccc(OC)cc1. The van der Waals surface area contributed by atoms with Gasteiger partial charge < -0.3 is 28.1 Å². The summed E-state index contributed by atoms with van der Waals surface area (Å²) < 4.78 is 37.7. The van der Waals surface area contributed by atoms with Gasteiger partial charge in [-0.3, -0.25) is 0 Å². The minimum absolute atomic E-state index is 0.00314. The number of hydrogen-bond acceptors (Lipinski definition) is 6. The Kier molecular flexibility index (Phi) is 11.1. The van der Waals surface area contributed by atoms with Crippen LogP contribution in [0.2, 0.25) is 18.1 Å². The Morgan fingerprint density at radius 1 is 0.902 bits per heavy atom. The Hall–Kier alpha value is -2.16. The predicted molar refractivity (Wildman–Crippen MR) is 165 cm³/mol. The van der Waals surface area contributed by atoms with E-state index in [1.54, 1.807) is 7.11 Å². The summed E-state index contributed by atoms with van der Waals surface area (Å²) in [6.45, 7) is 17.5. The monoisotopic (exact) mass is 582 g/mol. The first-order valence-corrected chi connectivity index (χ1v) is 18.0.